The average Bonchev–Trinajstić information content (AvgIpc) is 3.32. The summed E-state index contributed by atoms with van der Waals surface area (Å²) in [6, 6.07) is 13.7. The molecule has 1 atom stereocenters. The summed E-state index contributed by atoms with van der Waals surface area (Å²) < 4.78 is 5.67. The van der Waals surface area contributed by atoms with Gasteiger partial charge in [0, 0.05) is 36.5 Å². The van der Waals surface area contributed by atoms with Crippen molar-refractivity contribution in [3.8, 4) is 28.3 Å². The molecule has 1 heterocycles. The number of methoxy groups -OCH3 is 1. The Balaban J connectivity index is 1.72. The van der Waals surface area contributed by atoms with E-state index in [1.807, 2.05) is 56.3 Å². The van der Waals surface area contributed by atoms with E-state index in [2.05, 4.69) is 18.3 Å². The molecule has 0 aliphatic heterocycles. The summed E-state index contributed by atoms with van der Waals surface area (Å²) in [6.45, 7) is 6.12. The largest absolute Gasteiger partial charge is 0.481 e. The Morgan fingerprint density at radius 2 is 1.85 bits per heavy atom. The third-order valence-electron chi connectivity index (χ3n) is 7.30. The van der Waals surface area contributed by atoms with Crippen LogP contribution in [-0.2, 0) is 16.0 Å². The lowest BCUT2D eigenvalue weighted by molar-refractivity contribution is -0.127. The quantitative estimate of drug-likeness (QED) is 0.136. The van der Waals surface area contributed by atoms with E-state index in [-0.39, 0.29) is 11.5 Å². The van der Waals surface area contributed by atoms with Crippen LogP contribution >= 0.6 is 11.6 Å². The number of allylic oxidation sites excluding steroid dienone is 3. The van der Waals surface area contributed by atoms with Crippen molar-refractivity contribution in [3.05, 3.63) is 88.0 Å². The van der Waals surface area contributed by atoms with E-state index in [9.17, 15) is 9.59 Å². The van der Waals surface area contributed by atoms with E-state index < -0.39 is 5.91 Å². The zero-order valence-corrected chi connectivity index (χ0v) is 24.7. The van der Waals surface area contributed by atoms with E-state index in [1.54, 1.807) is 33.4 Å². The first kappa shape index (κ1) is 29.1. The molecule has 4 rings (SSSR count). The van der Waals surface area contributed by atoms with Crippen molar-refractivity contribution in [2.75, 3.05) is 26.5 Å². The first-order chi connectivity index (χ1) is 19.2. The summed E-state index contributed by atoms with van der Waals surface area (Å²) in [6.07, 6.45) is 8.04. The van der Waals surface area contributed by atoms with E-state index in [0.717, 1.165) is 47.2 Å². The fraction of sp³-hybridized carbons (Fsp3) is 0.303. The molecule has 1 unspecified atom stereocenters. The number of anilines is 1. The highest BCUT2D eigenvalue weighted by molar-refractivity contribution is 6.36. The van der Waals surface area contributed by atoms with Gasteiger partial charge in [-0.05, 0) is 67.0 Å². The fourth-order valence-electron chi connectivity index (χ4n) is 5.10. The van der Waals surface area contributed by atoms with Crippen LogP contribution in [0.5, 0.6) is 5.88 Å². The number of ether oxygens (including phenoxy) is 1. The van der Waals surface area contributed by atoms with Gasteiger partial charge >= 0.3 is 0 Å². The van der Waals surface area contributed by atoms with Crippen molar-refractivity contribution >= 4 is 29.1 Å². The Hall–Kier alpha value is -3.90. The molecule has 0 fully saturated rings. The van der Waals surface area contributed by atoms with Crippen molar-refractivity contribution in [2.45, 2.75) is 46.0 Å². The van der Waals surface area contributed by atoms with Gasteiger partial charge in [0.05, 0.1) is 17.8 Å². The predicted octanol–water partition coefficient (Wildman–Crippen LogP) is 7.36. The number of rotatable bonds is 8. The molecule has 3 aromatic rings. The second kappa shape index (κ2) is 12.5. The molecule has 1 N–H and O–H groups in total. The Morgan fingerprint density at radius 3 is 2.55 bits per heavy atom. The van der Waals surface area contributed by atoms with Gasteiger partial charge in [0.1, 0.15) is 5.57 Å². The van der Waals surface area contributed by atoms with Crippen LogP contribution in [0.3, 0.4) is 0 Å². The molecule has 1 aliphatic carbocycles. The van der Waals surface area contributed by atoms with Crippen molar-refractivity contribution in [1.82, 2.24) is 9.88 Å². The Labute approximate surface area is 241 Å². The maximum atomic E-state index is 13.2. The molecule has 0 bridgehead atoms. The smallest absolute Gasteiger partial charge is 0.261 e. The molecule has 40 heavy (non-hydrogen) atoms. The van der Waals surface area contributed by atoms with Crippen molar-refractivity contribution < 1.29 is 14.3 Å². The lowest BCUT2D eigenvalue weighted by atomic mass is 9.95. The Morgan fingerprint density at radius 1 is 1.15 bits per heavy atom. The average molecular weight is 558 g/mol. The van der Waals surface area contributed by atoms with E-state index in [4.69, 9.17) is 21.3 Å². The summed E-state index contributed by atoms with van der Waals surface area (Å²) in [5.41, 5.74) is 7.23. The van der Waals surface area contributed by atoms with Gasteiger partial charge in [0.2, 0.25) is 5.88 Å². The Kier molecular flexibility index (Phi) is 9.10. The molecule has 0 spiro atoms. The standard InChI is InChI=1S/C33H36ClN3O3/c1-7-8-9-12-26(33(39)37(4)5)31(38)35-27-16-11-13-23(21(27)3)24-14-10-15-25(30(24)34)28-19-22-18-17-20(2)29(22)32(36-28)40-6/h8-16,19-20H,7,17-18H2,1-6H3,(H,35,38)/b9-8+,26-12-. The minimum atomic E-state index is -0.469. The molecule has 2 aromatic carbocycles. The van der Waals surface area contributed by atoms with Crippen LogP contribution in [0.15, 0.2) is 66.3 Å². The number of fused-ring (bicyclic) bond motifs is 1. The number of pyridine rings is 1. The number of aryl methyl sites for hydroxylation is 1. The number of hydrogen-bond donors (Lipinski definition) is 1. The van der Waals surface area contributed by atoms with Crippen LogP contribution in [0.4, 0.5) is 5.69 Å². The van der Waals surface area contributed by atoms with Crippen molar-refractivity contribution in [1.29, 1.82) is 0 Å². The summed E-state index contributed by atoms with van der Waals surface area (Å²) in [5, 5.41) is 3.51. The molecule has 1 aliphatic rings. The number of nitrogens with one attached hydrogen (secondary N) is 1. The van der Waals surface area contributed by atoms with Gasteiger partial charge in [-0.2, -0.15) is 0 Å². The fourth-order valence-corrected chi connectivity index (χ4v) is 5.43. The normalized spacial score (nSPS) is 14.8. The SMILES string of the molecule is CC/C=C/C=C(/C(=O)Nc1cccc(-c2cccc(-c3cc4c(c(OC)n3)C(C)CC4)c2Cl)c1C)C(=O)N(C)C. The highest BCUT2D eigenvalue weighted by Crippen LogP contribution is 2.43. The summed E-state index contributed by atoms with van der Waals surface area (Å²) in [7, 11) is 4.91. The van der Waals surface area contributed by atoms with Crippen LogP contribution < -0.4 is 10.1 Å². The number of aromatic nitrogens is 1. The topological polar surface area (TPSA) is 71.5 Å². The first-order valence-corrected chi connectivity index (χ1v) is 13.9. The van der Waals surface area contributed by atoms with Crippen LogP contribution in [0.1, 0.15) is 49.3 Å². The molecule has 1 aromatic heterocycles. The maximum Gasteiger partial charge on any atom is 0.261 e. The number of halogens is 1. The number of benzene rings is 2. The molecule has 0 saturated carbocycles. The second-order valence-corrected chi connectivity index (χ2v) is 10.6. The van der Waals surface area contributed by atoms with Gasteiger partial charge in [0.15, 0.2) is 0 Å². The van der Waals surface area contributed by atoms with Crippen LogP contribution in [0.2, 0.25) is 5.02 Å². The predicted molar refractivity (Wildman–Crippen MR) is 163 cm³/mol. The van der Waals surface area contributed by atoms with Crippen LogP contribution in [0, 0.1) is 6.92 Å². The molecular weight excluding hydrogens is 522 g/mol. The number of nitrogens with zero attached hydrogens (tertiary/aromatic N) is 2. The molecule has 0 saturated heterocycles. The first-order valence-electron chi connectivity index (χ1n) is 13.5. The molecule has 6 nitrogen and oxygen atoms in total. The lowest BCUT2D eigenvalue weighted by Gasteiger charge is -2.17. The zero-order chi connectivity index (χ0) is 29.0. The van der Waals surface area contributed by atoms with Gasteiger partial charge in [-0.3, -0.25) is 9.59 Å². The van der Waals surface area contributed by atoms with Crippen LogP contribution in [0.25, 0.3) is 22.4 Å². The number of likely N-dealkylation sites (N-methyl/N-ethyl adjacent to an activating group) is 1. The minimum Gasteiger partial charge on any atom is -0.481 e. The lowest BCUT2D eigenvalue weighted by Crippen LogP contribution is -2.30. The maximum absolute atomic E-state index is 13.2. The van der Waals surface area contributed by atoms with E-state index in [1.165, 1.54) is 16.0 Å². The van der Waals surface area contributed by atoms with Gasteiger partial charge < -0.3 is 15.0 Å². The van der Waals surface area contributed by atoms with Crippen LogP contribution in [-0.4, -0.2) is 42.9 Å². The van der Waals surface area contributed by atoms with E-state index in [0.29, 0.717) is 22.5 Å². The zero-order valence-electron chi connectivity index (χ0n) is 24.0. The monoisotopic (exact) mass is 557 g/mol. The molecule has 0 radical (unpaired) electrons. The number of hydrogen-bond acceptors (Lipinski definition) is 4. The number of carbonyl (C=O) groups is 2. The number of carbonyl (C=O) groups excluding carboxylic acids is 2. The summed E-state index contributed by atoms with van der Waals surface area (Å²) >= 11 is 7.05. The molecular formula is C33H36ClN3O3. The molecule has 208 valence electrons. The van der Waals surface area contributed by atoms with Gasteiger partial charge in [-0.25, -0.2) is 4.98 Å². The molecule has 7 heteroatoms. The van der Waals surface area contributed by atoms with E-state index >= 15 is 0 Å². The third kappa shape index (κ3) is 5.82. The molecule has 2 amide bonds. The van der Waals surface area contributed by atoms with Gasteiger partial charge in [-0.15, -0.1) is 0 Å². The summed E-state index contributed by atoms with van der Waals surface area (Å²) in [4.78, 5) is 32.2. The number of amides is 2. The second-order valence-electron chi connectivity index (χ2n) is 10.2. The Bertz CT molecular complexity index is 1510. The minimum absolute atomic E-state index is 0.0606. The van der Waals surface area contributed by atoms with Gasteiger partial charge in [0.25, 0.3) is 11.8 Å². The summed E-state index contributed by atoms with van der Waals surface area (Å²) in [5.74, 6) is 0.238. The third-order valence-corrected chi connectivity index (χ3v) is 7.71. The van der Waals surface area contributed by atoms with Crippen molar-refractivity contribution in [3.63, 3.8) is 0 Å². The van der Waals surface area contributed by atoms with Crippen molar-refractivity contribution in [2.24, 2.45) is 0 Å². The highest BCUT2D eigenvalue weighted by Gasteiger charge is 2.26. The highest BCUT2D eigenvalue weighted by atomic mass is 35.5. The van der Waals surface area contributed by atoms with Gasteiger partial charge in [-0.1, -0.05) is 67.9 Å².